The van der Waals surface area contributed by atoms with Crippen LogP contribution in [0.4, 0.5) is 15.8 Å². The molecule has 7 heteroatoms. The van der Waals surface area contributed by atoms with E-state index in [9.17, 15) is 19.6 Å². The number of nitrogens with zero attached hydrogens (tertiary/aromatic N) is 2. The first-order chi connectivity index (χ1) is 8.80. The largest absolute Gasteiger partial charge is 0.388 e. The average Bonchev–Trinajstić information content (AvgIpc) is 2.30. The highest BCUT2D eigenvalue weighted by molar-refractivity contribution is 14.1. The fourth-order valence-corrected chi connectivity index (χ4v) is 2.80. The second-order valence-electron chi connectivity index (χ2n) is 5.03. The van der Waals surface area contributed by atoms with Crippen LogP contribution in [-0.2, 0) is 0 Å². The van der Waals surface area contributed by atoms with Gasteiger partial charge in [0.15, 0.2) is 0 Å². The molecular formula is C12H14FIN2O3. The molecule has 1 N–H and O–H groups in total. The Morgan fingerprint density at radius 3 is 2.84 bits per heavy atom. The average molecular weight is 380 g/mol. The van der Waals surface area contributed by atoms with Gasteiger partial charge >= 0.3 is 0 Å². The van der Waals surface area contributed by atoms with Crippen LogP contribution in [0.2, 0.25) is 0 Å². The molecule has 1 aliphatic rings. The summed E-state index contributed by atoms with van der Waals surface area (Å²) >= 11 is 1.73. The van der Waals surface area contributed by atoms with E-state index < -0.39 is 16.3 Å². The molecule has 19 heavy (non-hydrogen) atoms. The summed E-state index contributed by atoms with van der Waals surface area (Å²) in [5, 5.41) is 21.1. The molecule has 1 unspecified atom stereocenters. The lowest BCUT2D eigenvalue weighted by molar-refractivity contribution is -0.384. The summed E-state index contributed by atoms with van der Waals surface area (Å²) in [4.78, 5) is 12.2. The normalized spacial score (nSPS) is 23.5. The number of nitro groups is 1. The summed E-state index contributed by atoms with van der Waals surface area (Å²) in [5.74, 6) is -0.480. The molecule has 1 fully saturated rings. The number of benzene rings is 1. The maximum Gasteiger partial charge on any atom is 0.293 e. The van der Waals surface area contributed by atoms with E-state index in [1.54, 1.807) is 34.4 Å². The number of nitro benzene ring substituents is 1. The van der Waals surface area contributed by atoms with Gasteiger partial charge in [0.25, 0.3) is 5.69 Å². The Hall–Kier alpha value is -0.960. The summed E-state index contributed by atoms with van der Waals surface area (Å²) < 4.78 is 13.9. The Balaban J connectivity index is 2.43. The lowest BCUT2D eigenvalue weighted by atomic mass is 9.94. The molecule has 2 rings (SSSR count). The first-order valence-electron chi connectivity index (χ1n) is 5.91. The van der Waals surface area contributed by atoms with Crippen molar-refractivity contribution in [3.05, 3.63) is 31.6 Å². The minimum atomic E-state index is -0.897. The fraction of sp³-hybridized carbons (Fsp3) is 0.500. The van der Waals surface area contributed by atoms with Crippen molar-refractivity contribution >= 4 is 34.0 Å². The van der Waals surface area contributed by atoms with Crippen molar-refractivity contribution in [1.29, 1.82) is 0 Å². The van der Waals surface area contributed by atoms with Gasteiger partial charge in [0.05, 0.1) is 14.1 Å². The van der Waals surface area contributed by atoms with E-state index in [4.69, 9.17) is 0 Å². The van der Waals surface area contributed by atoms with Crippen molar-refractivity contribution in [3.8, 4) is 0 Å². The van der Waals surface area contributed by atoms with Crippen LogP contribution in [0.3, 0.4) is 0 Å². The minimum Gasteiger partial charge on any atom is -0.388 e. The van der Waals surface area contributed by atoms with Crippen molar-refractivity contribution in [2.45, 2.75) is 25.4 Å². The summed E-state index contributed by atoms with van der Waals surface area (Å²) in [7, 11) is 0. The monoisotopic (exact) mass is 380 g/mol. The van der Waals surface area contributed by atoms with E-state index in [2.05, 4.69) is 0 Å². The summed E-state index contributed by atoms with van der Waals surface area (Å²) in [6.07, 6.45) is 1.36. The van der Waals surface area contributed by atoms with Crippen molar-refractivity contribution in [2.24, 2.45) is 0 Å². The number of halogens is 2. The molecule has 0 aliphatic carbocycles. The molecule has 1 aliphatic heterocycles. The fourth-order valence-electron chi connectivity index (χ4n) is 2.35. The molecule has 1 heterocycles. The zero-order valence-corrected chi connectivity index (χ0v) is 12.6. The molecule has 1 atom stereocenters. The Labute approximate surface area is 123 Å². The number of aliphatic hydroxyl groups is 1. The SMILES string of the molecule is CC1(O)CCCN(c2cc(F)c(I)cc2[N+](=O)[O-])C1. The van der Waals surface area contributed by atoms with Gasteiger partial charge < -0.3 is 10.0 Å². The molecule has 0 saturated carbocycles. The van der Waals surface area contributed by atoms with Crippen LogP contribution in [0, 0.1) is 19.5 Å². The Morgan fingerprint density at radius 2 is 2.26 bits per heavy atom. The Kier molecular flexibility index (Phi) is 3.95. The predicted octanol–water partition coefficient (Wildman–Crippen LogP) is 2.69. The summed E-state index contributed by atoms with van der Waals surface area (Å²) in [6.45, 7) is 2.54. The van der Waals surface area contributed by atoms with Gasteiger partial charge in [0, 0.05) is 25.2 Å². The van der Waals surface area contributed by atoms with Gasteiger partial charge in [-0.1, -0.05) is 0 Å². The molecule has 1 saturated heterocycles. The first-order valence-corrected chi connectivity index (χ1v) is 6.99. The zero-order valence-electron chi connectivity index (χ0n) is 10.4. The van der Waals surface area contributed by atoms with Crippen LogP contribution in [0.1, 0.15) is 19.8 Å². The third-order valence-corrected chi connectivity index (χ3v) is 4.06. The van der Waals surface area contributed by atoms with E-state index >= 15 is 0 Å². The van der Waals surface area contributed by atoms with Crippen LogP contribution in [0.15, 0.2) is 12.1 Å². The number of piperidine rings is 1. The standard InChI is InChI=1S/C12H14FIN2O3/c1-12(17)3-2-4-15(7-12)10-5-8(13)9(14)6-11(10)16(18)19/h5-6,17H,2-4,7H2,1H3. The molecule has 0 radical (unpaired) electrons. The van der Waals surface area contributed by atoms with Gasteiger partial charge in [-0.2, -0.15) is 0 Å². The molecule has 0 bridgehead atoms. The van der Waals surface area contributed by atoms with E-state index in [0.717, 1.165) is 6.42 Å². The number of hydrogen-bond donors (Lipinski definition) is 1. The van der Waals surface area contributed by atoms with Crippen molar-refractivity contribution < 1.29 is 14.4 Å². The van der Waals surface area contributed by atoms with E-state index in [0.29, 0.717) is 13.0 Å². The van der Waals surface area contributed by atoms with Gasteiger partial charge in [-0.3, -0.25) is 10.1 Å². The molecule has 0 aromatic heterocycles. The third-order valence-electron chi connectivity index (χ3n) is 3.23. The lowest BCUT2D eigenvalue weighted by Gasteiger charge is -2.37. The van der Waals surface area contributed by atoms with Crippen LogP contribution in [-0.4, -0.2) is 28.7 Å². The Morgan fingerprint density at radius 1 is 1.58 bits per heavy atom. The van der Waals surface area contributed by atoms with Crippen LogP contribution >= 0.6 is 22.6 Å². The minimum absolute atomic E-state index is 0.122. The van der Waals surface area contributed by atoms with E-state index in [1.807, 2.05) is 0 Å². The molecule has 1 aromatic carbocycles. The molecule has 1 aromatic rings. The molecule has 0 spiro atoms. The van der Waals surface area contributed by atoms with Crippen molar-refractivity contribution in [3.63, 3.8) is 0 Å². The maximum absolute atomic E-state index is 13.7. The summed E-state index contributed by atoms with van der Waals surface area (Å²) in [6, 6.07) is 2.41. The van der Waals surface area contributed by atoms with E-state index in [-0.39, 0.29) is 21.5 Å². The van der Waals surface area contributed by atoms with Crippen LogP contribution in [0.5, 0.6) is 0 Å². The number of anilines is 1. The maximum atomic E-state index is 13.7. The highest BCUT2D eigenvalue weighted by Crippen LogP contribution is 2.35. The first kappa shape index (κ1) is 14.4. The zero-order chi connectivity index (χ0) is 14.2. The second kappa shape index (κ2) is 5.20. The number of hydrogen-bond acceptors (Lipinski definition) is 4. The molecule has 104 valence electrons. The Bertz CT molecular complexity index is 522. The molecule has 0 amide bonds. The highest BCUT2D eigenvalue weighted by atomic mass is 127. The van der Waals surface area contributed by atoms with Crippen molar-refractivity contribution in [2.75, 3.05) is 18.0 Å². The van der Waals surface area contributed by atoms with Crippen LogP contribution in [0.25, 0.3) is 0 Å². The van der Waals surface area contributed by atoms with Gasteiger partial charge in [0.2, 0.25) is 0 Å². The highest BCUT2D eigenvalue weighted by Gasteiger charge is 2.32. The van der Waals surface area contributed by atoms with E-state index in [1.165, 1.54) is 12.1 Å². The third kappa shape index (κ3) is 3.14. The lowest BCUT2D eigenvalue weighted by Crippen LogP contribution is -2.46. The second-order valence-corrected chi connectivity index (χ2v) is 6.20. The van der Waals surface area contributed by atoms with Gasteiger partial charge in [-0.05, 0) is 42.4 Å². The smallest absolute Gasteiger partial charge is 0.293 e. The van der Waals surface area contributed by atoms with Gasteiger partial charge in [-0.15, -0.1) is 0 Å². The topological polar surface area (TPSA) is 66.6 Å². The molecular weight excluding hydrogens is 366 g/mol. The van der Waals surface area contributed by atoms with Gasteiger partial charge in [0.1, 0.15) is 11.5 Å². The number of rotatable bonds is 2. The quantitative estimate of drug-likeness (QED) is 0.487. The van der Waals surface area contributed by atoms with Crippen molar-refractivity contribution in [1.82, 2.24) is 0 Å². The van der Waals surface area contributed by atoms with Gasteiger partial charge in [-0.25, -0.2) is 4.39 Å². The molecule has 5 nitrogen and oxygen atoms in total. The van der Waals surface area contributed by atoms with Crippen LogP contribution < -0.4 is 4.90 Å². The summed E-state index contributed by atoms with van der Waals surface area (Å²) in [5.41, 5.74) is -0.780. The number of β-amino-alcohol motifs (C(OH)–C–C–N with tert-alkyl or cyclic N) is 1. The predicted molar refractivity (Wildman–Crippen MR) is 77.8 cm³/mol.